The summed E-state index contributed by atoms with van der Waals surface area (Å²) in [6.45, 7) is 1.15. The molecule has 0 amide bonds. The molecule has 0 fully saturated rings. The average Bonchev–Trinajstić information content (AvgIpc) is 2.16. The summed E-state index contributed by atoms with van der Waals surface area (Å²) in [6, 6.07) is 0. The summed E-state index contributed by atoms with van der Waals surface area (Å²) in [5.74, 6) is -3.25. The largest absolute Gasteiger partial charge is 0.481 e. The van der Waals surface area contributed by atoms with Gasteiger partial charge in [-0.2, -0.15) is 0 Å². The van der Waals surface area contributed by atoms with E-state index in [-0.39, 0.29) is 6.42 Å². The number of aliphatic hydroxyl groups is 2. The Bertz CT molecular complexity index is 201. The van der Waals surface area contributed by atoms with E-state index in [1.54, 1.807) is 0 Å². The van der Waals surface area contributed by atoms with E-state index in [0.717, 1.165) is 6.42 Å². The number of carboxylic acids is 1. The van der Waals surface area contributed by atoms with E-state index >= 15 is 0 Å². The van der Waals surface area contributed by atoms with Crippen LogP contribution in [0.25, 0.3) is 0 Å². The Labute approximate surface area is 82.4 Å². The van der Waals surface area contributed by atoms with Crippen molar-refractivity contribution in [2.75, 3.05) is 6.61 Å². The molecular weight excluding hydrogens is 188 g/mol. The number of hydrogen-bond donors (Lipinski definition) is 3. The van der Waals surface area contributed by atoms with Gasteiger partial charge in [0.25, 0.3) is 0 Å². The third-order valence-electron chi connectivity index (χ3n) is 1.99. The van der Waals surface area contributed by atoms with Crippen LogP contribution in [0.5, 0.6) is 0 Å². The Morgan fingerprint density at radius 2 is 1.93 bits per heavy atom. The van der Waals surface area contributed by atoms with Crippen LogP contribution < -0.4 is 0 Å². The quantitative estimate of drug-likeness (QED) is 0.499. The first kappa shape index (κ1) is 13.1. The second kappa shape index (κ2) is 6.50. The number of carbonyl (C=O) groups excluding carboxylic acids is 1. The van der Waals surface area contributed by atoms with Gasteiger partial charge in [-0.05, 0) is 6.42 Å². The lowest BCUT2D eigenvalue weighted by Crippen LogP contribution is -2.35. The molecule has 82 valence electrons. The summed E-state index contributed by atoms with van der Waals surface area (Å²) < 4.78 is 0. The van der Waals surface area contributed by atoms with Gasteiger partial charge in [0.15, 0.2) is 5.78 Å². The van der Waals surface area contributed by atoms with Gasteiger partial charge in [0.2, 0.25) is 0 Å². The molecule has 0 aliphatic heterocycles. The van der Waals surface area contributed by atoms with Gasteiger partial charge in [-0.3, -0.25) is 9.59 Å². The van der Waals surface area contributed by atoms with Crippen molar-refractivity contribution in [3.8, 4) is 0 Å². The predicted octanol–water partition coefficient (Wildman–Crippen LogP) is -0.200. The lowest BCUT2D eigenvalue weighted by atomic mass is 9.94. The molecule has 0 aliphatic carbocycles. The molecule has 5 heteroatoms. The number of aliphatic hydroxyl groups excluding tert-OH is 2. The van der Waals surface area contributed by atoms with Gasteiger partial charge in [-0.25, -0.2) is 0 Å². The molecule has 2 atom stereocenters. The van der Waals surface area contributed by atoms with Gasteiger partial charge in [-0.1, -0.05) is 19.8 Å². The van der Waals surface area contributed by atoms with Crippen LogP contribution in [0.2, 0.25) is 0 Å². The molecule has 0 aliphatic rings. The van der Waals surface area contributed by atoms with Crippen LogP contribution in [0.1, 0.15) is 26.2 Å². The van der Waals surface area contributed by atoms with Crippen molar-refractivity contribution < 1.29 is 24.9 Å². The number of carboxylic acid groups (broad SMARTS) is 1. The van der Waals surface area contributed by atoms with Crippen LogP contribution in [0.3, 0.4) is 0 Å². The first-order valence-corrected chi connectivity index (χ1v) is 4.60. The molecule has 3 N–H and O–H groups in total. The van der Waals surface area contributed by atoms with Gasteiger partial charge in [-0.15, -0.1) is 0 Å². The zero-order valence-electron chi connectivity index (χ0n) is 8.14. The Balaban J connectivity index is 4.33. The molecule has 0 spiro atoms. The highest BCUT2D eigenvalue weighted by molar-refractivity contribution is 6.00. The second-order valence-electron chi connectivity index (χ2n) is 3.13. The number of aliphatic carboxylic acids is 1. The van der Waals surface area contributed by atoms with Crippen molar-refractivity contribution in [2.45, 2.75) is 32.3 Å². The van der Waals surface area contributed by atoms with Crippen LogP contribution in [0.4, 0.5) is 0 Å². The van der Waals surface area contributed by atoms with Gasteiger partial charge < -0.3 is 15.3 Å². The molecule has 0 aromatic rings. The van der Waals surface area contributed by atoms with E-state index in [1.807, 2.05) is 6.92 Å². The Kier molecular flexibility index (Phi) is 6.07. The van der Waals surface area contributed by atoms with E-state index in [4.69, 9.17) is 15.3 Å². The maximum atomic E-state index is 11.2. The molecule has 0 heterocycles. The zero-order chi connectivity index (χ0) is 11.1. The molecular formula is C9H16O5. The number of hydrogen-bond acceptors (Lipinski definition) is 4. The fraction of sp³-hybridized carbons (Fsp3) is 0.778. The monoisotopic (exact) mass is 204 g/mol. The molecule has 0 saturated heterocycles. The van der Waals surface area contributed by atoms with E-state index in [0.29, 0.717) is 6.42 Å². The van der Waals surface area contributed by atoms with Gasteiger partial charge in [0.1, 0.15) is 12.0 Å². The molecule has 0 aromatic heterocycles. The van der Waals surface area contributed by atoms with Crippen molar-refractivity contribution in [3.05, 3.63) is 0 Å². The number of unbranched alkanes of at least 4 members (excludes halogenated alkanes) is 1. The van der Waals surface area contributed by atoms with Crippen molar-refractivity contribution >= 4 is 11.8 Å². The van der Waals surface area contributed by atoms with E-state index in [1.165, 1.54) is 0 Å². The zero-order valence-corrected chi connectivity index (χ0v) is 8.14. The Morgan fingerprint density at radius 3 is 2.29 bits per heavy atom. The summed E-state index contributed by atoms with van der Waals surface area (Å²) >= 11 is 0. The highest BCUT2D eigenvalue weighted by Crippen LogP contribution is 2.12. The van der Waals surface area contributed by atoms with Crippen molar-refractivity contribution in [3.63, 3.8) is 0 Å². The van der Waals surface area contributed by atoms with Crippen molar-refractivity contribution in [2.24, 2.45) is 5.92 Å². The van der Waals surface area contributed by atoms with Crippen LogP contribution in [0, 0.1) is 5.92 Å². The van der Waals surface area contributed by atoms with Crippen molar-refractivity contribution in [1.82, 2.24) is 0 Å². The van der Waals surface area contributed by atoms with Gasteiger partial charge in [0, 0.05) is 0 Å². The lowest BCUT2D eigenvalue weighted by Gasteiger charge is -2.13. The molecule has 0 bridgehead atoms. The fourth-order valence-electron chi connectivity index (χ4n) is 1.12. The maximum Gasteiger partial charge on any atom is 0.314 e. The molecule has 0 saturated carbocycles. The molecule has 14 heavy (non-hydrogen) atoms. The predicted molar refractivity (Wildman–Crippen MR) is 48.8 cm³/mol. The number of ketones is 1. The smallest absolute Gasteiger partial charge is 0.314 e. The Morgan fingerprint density at radius 1 is 1.36 bits per heavy atom. The van der Waals surface area contributed by atoms with Gasteiger partial charge >= 0.3 is 5.97 Å². The van der Waals surface area contributed by atoms with Crippen LogP contribution in [-0.2, 0) is 9.59 Å². The first-order chi connectivity index (χ1) is 6.54. The minimum absolute atomic E-state index is 0.210. The van der Waals surface area contributed by atoms with Crippen molar-refractivity contribution in [1.29, 1.82) is 0 Å². The normalized spacial score (nSPS) is 14.8. The van der Waals surface area contributed by atoms with E-state index < -0.39 is 30.4 Å². The summed E-state index contributed by atoms with van der Waals surface area (Å²) in [4.78, 5) is 21.9. The SMILES string of the molecule is CCCCC(C(=O)O)C(=O)C(O)CO. The average molecular weight is 204 g/mol. The van der Waals surface area contributed by atoms with E-state index in [9.17, 15) is 9.59 Å². The van der Waals surface area contributed by atoms with Crippen LogP contribution in [-0.4, -0.2) is 39.8 Å². The minimum Gasteiger partial charge on any atom is -0.481 e. The van der Waals surface area contributed by atoms with Gasteiger partial charge in [0.05, 0.1) is 6.61 Å². The molecule has 0 radical (unpaired) electrons. The highest BCUT2D eigenvalue weighted by Gasteiger charge is 2.30. The number of rotatable bonds is 7. The first-order valence-electron chi connectivity index (χ1n) is 4.60. The lowest BCUT2D eigenvalue weighted by molar-refractivity contribution is -0.150. The molecule has 5 nitrogen and oxygen atoms in total. The van der Waals surface area contributed by atoms with Crippen LogP contribution >= 0.6 is 0 Å². The third kappa shape index (κ3) is 3.85. The summed E-state index contributed by atoms with van der Waals surface area (Å²) in [7, 11) is 0. The summed E-state index contributed by atoms with van der Waals surface area (Å²) in [6.07, 6.45) is 0.0300. The summed E-state index contributed by atoms with van der Waals surface area (Å²) in [5, 5.41) is 26.2. The second-order valence-corrected chi connectivity index (χ2v) is 3.13. The summed E-state index contributed by atoms with van der Waals surface area (Å²) in [5.41, 5.74) is 0. The number of Topliss-reactive ketones (excluding diaryl/α,β-unsaturated/α-hetero) is 1. The molecule has 2 unspecified atom stereocenters. The standard InChI is InChI=1S/C9H16O5/c1-2-3-4-6(9(13)14)8(12)7(11)5-10/h6-7,10-11H,2-5H2,1H3,(H,13,14). The van der Waals surface area contributed by atoms with Crippen LogP contribution in [0.15, 0.2) is 0 Å². The molecule has 0 rings (SSSR count). The highest BCUT2D eigenvalue weighted by atomic mass is 16.4. The molecule has 0 aromatic carbocycles. The van der Waals surface area contributed by atoms with E-state index in [2.05, 4.69) is 0 Å². The fourth-order valence-corrected chi connectivity index (χ4v) is 1.12. The minimum atomic E-state index is -1.58. The Hall–Kier alpha value is -0.940. The topological polar surface area (TPSA) is 94.8 Å². The number of carbonyl (C=O) groups is 2. The third-order valence-corrected chi connectivity index (χ3v) is 1.99. The maximum absolute atomic E-state index is 11.2.